The summed E-state index contributed by atoms with van der Waals surface area (Å²) in [6, 6.07) is 0. The first-order valence-electron chi connectivity index (χ1n) is 6.87. The van der Waals surface area contributed by atoms with E-state index in [1.54, 1.807) is 0 Å². The van der Waals surface area contributed by atoms with Crippen molar-refractivity contribution >= 4 is 11.0 Å². The molecule has 0 aromatic carbocycles. The van der Waals surface area contributed by atoms with Crippen molar-refractivity contribution in [3.8, 4) is 5.82 Å². The molecule has 4 rings (SSSR count). The number of nitrogens with one attached hydrogen (secondary N) is 1. The summed E-state index contributed by atoms with van der Waals surface area (Å²) in [5.74, 6) is 0.418. The van der Waals surface area contributed by atoms with Crippen LogP contribution in [0, 0.1) is 0 Å². The van der Waals surface area contributed by atoms with Crippen molar-refractivity contribution < 1.29 is 20.1 Å². The van der Waals surface area contributed by atoms with Crippen molar-refractivity contribution in [3.63, 3.8) is 0 Å². The summed E-state index contributed by atoms with van der Waals surface area (Å²) < 4.78 is 6.94. The Morgan fingerprint density at radius 1 is 1.17 bits per heavy atom. The average molecular weight is 319 g/mol. The Labute approximate surface area is 128 Å². The second-order valence-electron chi connectivity index (χ2n) is 5.13. The molecule has 0 amide bonds. The smallest absolute Gasteiger partial charge is 0.186 e. The minimum atomic E-state index is -1.21. The van der Waals surface area contributed by atoms with Crippen LogP contribution in [0.1, 0.15) is 11.8 Å². The molecule has 1 aliphatic heterocycles. The van der Waals surface area contributed by atoms with Gasteiger partial charge in [0.25, 0.3) is 0 Å². The van der Waals surface area contributed by atoms with Crippen LogP contribution in [0.25, 0.3) is 16.9 Å². The second kappa shape index (κ2) is 5.31. The van der Waals surface area contributed by atoms with Crippen molar-refractivity contribution in [2.24, 2.45) is 0 Å². The van der Waals surface area contributed by atoms with E-state index in [1.165, 1.54) is 23.7 Å². The molecule has 1 fully saturated rings. The van der Waals surface area contributed by atoms with Crippen molar-refractivity contribution in [3.05, 3.63) is 24.7 Å². The van der Waals surface area contributed by atoms with E-state index in [9.17, 15) is 15.3 Å². The average Bonchev–Trinajstić information content (AvgIpc) is 3.28. The fourth-order valence-corrected chi connectivity index (χ4v) is 2.66. The third-order valence-corrected chi connectivity index (χ3v) is 3.81. The van der Waals surface area contributed by atoms with Gasteiger partial charge < -0.3 is 20.1 Å². The minimum Gasteiger partial charge on any atom is -0.394 e. The maximum absolute atomic E-state index is 10.1. The number of fused-ring (bicyclic) bond motifs is 1. The highest BCUT2D eigenvalue weighted by Crippen LogP contribution is 2.35. The summed E-state index contributed by atoms with van der Waals surface area (Å²) in [5.41, 5.74) is 1.25. The van der Waals surface area contributed by atoms with E-state index in [-0.39, 0.29) is 0 Å². The number of nitrogens with zero attached hydrogens (tertiary/aromatic N) is 6. The second-order valence-corrected chi connectivity index (χ2v) is 5.13. The topological polar surface area (TPSA) is 155 Å². The van der Waals surface area contributed by atoms with Crippen molar-refractivity contribution in [2.45, 2.75) is 24.4 Å². The van der Waals surface area contributed by atoms with Crippen LogP contribution < -0.4 is 0 Å². The molecule has 0 radical (unpaired) electrons. The Bertz CT molecular complexity index is 820. The van der Waals surface area contributed by atoms with Crippen LogP contribution in [0.3, 0.4) is 0 Å². The Morgan fingerprint density at radius 3 is 2.74 bits per heavy atom. The minimum absolute atomic E-state index is 0.395. The van der Waals surface area contributed by atoms with Gasteiger partial charge in [-0.25, -0.2) is 19.6 Å². The molecule has 0 bridgehead atoms. The molecule has 120 valence electrons. The summed E-state index contributed by atoms with van der Waals surface area (Å²) in [4.78, 5) is 12.2. The fourth-order valence-electron chi connectivity index (χ4n) is 2.66. The number of hydrogen-bond acceptors (Lipinski definition) is 9. The van der Waals surface area contributed by atoms with Crippen LogP contribution in [0.15, 0.2) is 19.0 Å². The molecule has 4 heterocycles. The van der Waals surface area contributed by atoms with Gasteiger partial charge in [0.1, 0.15) is 48.9 Å². The van der Waals surface area contributed by atoms with E-state index in [0.29, 0.717) is 22.5 Å². The molecule has 11 heteroatoms. The maximum atomic E-state index is 10.1. The van der Waals surface area contributed by atoms with Crippen molar-refractivity contribution in [1.29, 1.82) is 0 Å². The van der Waals surface area contributed by atoms with Gasteiger partial charge in [-0.15, -0.1) is 0 Å². The quantitative estimate of drug-likeness (QED) is 0.432. The van der Waals surface area contributed by atoms with Gasteiger partial charge in [0.05, 0.1) is 12.3 Å². The zero-order valence-corrected chi connectivity index (χ0v) is 11.7. The van der Waals surface area contributed by atoms with Crippen LogP contribution >= 0.6 is 0 Å². The van der Waals surface area contributed by atoms with Gasteiger partial charge >= 0.3 is 0 Å². The van der Waals surface area contributed by atoms with E-state index in [2.05, 4.69) is 30.2 Å². The summed E-state index contributed by atoms with van der Waals surface area (Å²) in [6.45, 7) is -0.403. The number of aliphatic hydroxyl groups excluding tert-OH is 3. The molecular formula is C12H13N7O4. The van der Waals surface area contributed by atoms with Gasteiger partial charge in [0.15, 0.2) is 11.3 Å². The largest absolute Gasteiger partial charge is 0.394 e. The van der Waals surface area contributed by atoms with E-state index in [1.807, 2.05) is 0 Å². The van der Waals surface area contributed by atoms with Gasteiger partial charge in [0, 0.05) is 0 Å². The van der Waals surface area contributed by atoms with E-state index in [4.69, 9.17) is 4.74 Å². The summed E-state index contributed by atoms with van der Waals surface area (Å²) in [5, 5.41) is 40.1. The lowest BCUT2D eigenvalue weighted by Gasteiger charge is -2.12. The van der Waals surface area contributed by atoms with E-state index in [0.717, 1.165) is 0 Å². The van der Waals surface area contributed by atoms with Gasteiger partial charge in [-0.3, -0.25) is 5.10 Å². The molecule has 4 atom stereocenters. The Balaban J connectivity index is 1.80. The van der Waals surface area contributed by atoms with Gasteiger partial charge in [-0.1, -0.05) is 0 Å². The van der Waals surface area contributed by atoms with Crippen molar-refractivity contribution in [2.75, 3.05) is 6.61 Å². The zero-order valence-electron chi connectivity index (χ0n) is 11.7. The number of rotatable bonds is 3. The molecule has 1 aliphatic rings. The molecule has 3 aromatic rings. The lowest BCUT2D eigenvalue weighted by molar-refractivity contribution is -0.0236. The van der Waals surface area contributed by atoms with Gasteiger partial charge in [0.2, 0.25) is 0 Å². The Kier molecular flexibility index (Phi) is 3.27. The van der Waals surface area contributed by atoms with Crippen LogP contribution in [-0.4, -0.2) is 75.2 Å². The van der Waals surface area contributed by atoms with E-state index < -0.39 is 31.0 Å². The first kappa shape index (κ1) is 14.1. The molecule has 11 nitrogen and oxygen atoms in total. The number of aromatic nitrogens is 7. The zero-order chi connectivity index (χ0) is 16.0. The highest BCUT2D eigenvalue weighted by Gasteiger charge is 2.44. The number of hydrogen-bond donors (Lipinski definition) is 4. The Hall–Kier alpha value is -2.47. The summed E-state index contributed by atoms with van der Waals surface area (Å²) >= 11 is 0. The molecule has 0 aliphatic carbocycles. The predicted molar refractivity (Wildman–Crippen MR) is 73.3 cm³/mol. The summed E-state index contributed by atoms with van der Waals surface area (Å²) in [7, 11) is 0. The highest BCUT2D eigenvalue weighted by atomic mass is 16.6. The number of H-pyrrole nitrogens is 1. The van der Waals surface area contributed by atoms with Crippen molar-refractivity contribution in [1.82, 2.24) is 34.9 Å². The van der Waals surface area contributed by atoms with E-state index >= 15 is 0 Å². The monoisotopic (exact) mass is 319 g/mol. The first-order valence-corrected chi connectivity index (χ1v) is 6.87. The molecule has 0 unspecified atom stereocenters. The lowest BCUT2D eigenvalue weighted by Crippen LogP contribution is -2.32. The first-order chi connectivity index (χ1) is 11.2. The summed E-state index contributed by atoms with van der Waals surface area (Å²) in [6.07, 6.45) is 0.0201. The predicted octanol–water partition coefficient (Wildman–Crippen LogP) is -1.91. The number of ether oxygens (including phenoxy) is 1. The third kappa shape index (κ3) is 2.09. The third-order valence-electron chi connectivity index (χ3n) is 3.81. The van der Waals surface area contributed by atoms with Crippen LogP contribution in [0.2, 0.25) is 0 Å². The standard InChI is InChI=1S/C12H13N7O4/c20-1-5-9(21)10(22)11(23-5)7-6-8(18-17-7)12(15-3-14-6)19-4-13-2-16-19/h2-5,9-11,20-22H,1H2,(H,17,18)/t5-,9-,10-,11+/m1/s1. The molecule has 1 saturated heterocycles. The van der Waals surface area contributed by atoms with Gasteiger partial charge in [-0.05, 0) is 0 Å². The Morgan fingerprint density at radius 2 is 2.04 bits per heavy atom. The molecule has 23 heavy (non-hydrogen) atoms. The molecule has 0 spiro atoms. The maximum Gasteiger partial charge on any atom is 0.186 e. The van der Waals surface area contributed by atoms with Gasteiger partial charge in [-0.2, -0.15) is 10.2 Å². The fraction of sp³-hybridized carbons (Fsp3) is 0.417. The molecule has 3 aromatic heterocycles. The molecule has 4 N–H and O–H groups in total. The number of aliphatic hydroxyl groups is 3. The molecular weight excluding hydrogens is 306 g/mol. The normalized spacial score (nSPS) is 27.8. The van der Waals surface area contributed by atoms with Crippen LogP contribution in [0.4, 0.5) is 0 Å². The molecule has 0 saturated carbocycles. The lowest BCUT2D eigenvalue weighted by atomic mass is 10.1. The van der Waals surface area contributed by atoms with Crippen LogP contribution in [-0.2, 0) is 4.74 Å². The highest BCUT2D eigenvalue weighted by molar-refractivity contribution is 5.83. The van der Waals surface area contributed by atoms with Crippen LogP contribution in [0.5, 0.6) is 0 Å². The SMILES string of the molecule is OC[C@H]1O[C@@H](c2[nH]nc3c(-n4cncn4)ncnc23)[C@H](O)[C@@H]1O. The number of aromatic amines is 1.